The van der Waals surface area contributed by atoms with Gasteiger partial charge in [0.1, 0.15) is 24.2 Å². The summed E-state index contributed by atoms with van der Waals surface area (Å²) in [5.74, 6) is 0.992. The van der Waals surface area contributed by atoms with E-state index in [9.17, 15) is 9.59 Å². The van der Waals surface area contributed by atoms with Crippen LogP contribution in [-0.2, 0) is 18.4 Å². The maximum Gasteiger partial charge on any atom is 0.254 e. The van der Waals surface area contributed by atoms with Gasteiger partial charge < -0.3 is 19.5 Å². The number of nitrogens with zero attached hydrogens (tertiary/aromatic N) is 3. The number of aromatic nitrogens is 2. The van der Waals surface area contributed by atoms with Crippen molar-refractivity contribution in [3.05, 3.63) is 76.3 Å². The van der Waals surface area contributed by atoms with E-state index in [0.717, 1.165) is 12.2 Å². The minimum atomic E-state index is -0.556. The van der Waals surface area contributed by atoms with Crippen molar-refractivity contribution in [2.45, 2.75) is 25.5 Å². The number of amides is 2. The molecule has 1 aromatic heterocycles. The fourth-order valence-electron chi connectivity index (χ4n) is 3.67. The number of imidazole rings is 1. The molecule has 166 valence electrons. The first-order valence-electron chi connectivity index (χ1n) is 10.2. The monoisotopic (exact) mass is 472 g/mol. The van der Waals surface area contributed by atoms with Crippen LogP contribution in [0.2, 0.25) is 10.0 Å². The molecule has 9 heteroatoms. The topological polar surface area (TPSA) is 76.5 Å². The van der Waals surface area contributed by atoms with E-state index in [-0.39, 0.29) is 11.8 Å². The van der Waals surface area contributed by atoms with E-state index >= 15 is 0 Å². The van der Waals surface area contributed by atoms with E-state index in [4.69, 9.17) is 27.9 Å². The summed E-state index contributed by atoms with van der Waals surface area (Å²) in [6.45, 7) is 0.850. The Morgan fingerprint density at radius 3 is 2.53 bits per heavy atom. The lowest BCUT2D eigenvalue weighted by Gasteiger charge is -2.24. The summed E-state index contributed by atoms with van der Waals surface area (Å²) in [7, 11) is 1.91. The molecule has 0 radical (unpaired) electrons. The second-order valence-electron chi connectivity index (χ2n) is 7.57. The summed E-state index contributed by atoms with van der Waals surface area (Å²) in [5.41, 5.74) is 1.00. The normalized spacial score (nSPS) is 15.6. The number of hydrogen-bond acceptors (Lipinski definition) is 4. The molecule has 32 heavy (non-hydrogen) atoms. The summed E-state index contributed by atoms with van der Waals surface area (Å²) in [6.07, 6.45) is 4.92. The molecule has 2 aromatic carbocycles. The third-order valence-electron chi connectivity index (χ3n) is 5.34. The number of carbonyl (C=O) groups is 2. The zero-order chi connectivity index (χ0) is 22.7. The third kappa shape index (κ3) is 5.06. The summed E-state index contributed by atoms with van der Waals surface area (Å²) >= 11 is 12.1. The Morgan fingerprint density at radius 1 is 1.16 bits per heavy atom. The van der Waals surface area contributed by atoms with E-state index in [1.807, 2.05) is 17.8 Å². The molecular formula is C23H22Cl2N4O3. The molecule has 1 N–H and O–H groups in total. The SMILES string of the molecule is Cn1ccnc1COc1ccc(NC(=O)C2CCCN2C(=O)c2cc(Cl)cc(Cl)c2)cc1. The van der Waals surface area contributed by atoms with Crippen molar-refractivity contribution in [1.82, 2.24) is 14.5 Å². The summed E-state index contributed by atoms with van der Waals surface area (Å²) in [6, 6.07) is 11.2. The minimum absolute atomic E-state index is 0.231. The van der Waals surface area contributed by atoms with Gasteiger partial charge in [0.25, 0.3) is 5.91 Å². The van der Waals surface area contributed by atoms with E-state index in [0.29, 0.717) is 46.6 Å². The van der Waals surface area contributed by atoms with Gasteiger partial charge >= 0.3 is 0 Å². The molecule has 1 atom stereocenters. The molecule has 2 heterocycles. The number of halogens is 2. The van der Waals surface area contributed by atoms with Crippen LogP contribution in [0.1, 0.15) is 29.0 Å². The van der Waals surface area contributed by atoms with Crippen molar-refractivity contribution in [3.8, 4) is 5.75 Å². The van der Waals surface area contributed by atoms with E-state index in [1.165, 1.54) is 0 Å². The number of aryl methyl sites for hydroxylation is 1. The molecule has 2 amide bonds. The fraction of sp³-hybridized carbons (Fsp3) is 0.261. The molecule has 0 aliphatic carbocycles. The lowest BCUT2D eigenvalue weighted by molar-refractivity contribution is -0.119. The molecule has 7 nitrogen and oxygen atoms in total. The van der Waals surface area contributed by atoms with Gasteiger partial charge in [0, 0.05) is 47.3 Å². The summed E-state index contributed by atoms with van der Waals surface area (Å²) in [4.78, 5) is 31.7. The van der Waals surface area contributed by atoms with Gasteiger partial charge in [-0.15, -0.1) is 0 Å². The zero-order valence-electron chi connectivity index (χ0n) is 17.4. The fourth-order valence-corrected chi connectivity index (χ4v) is 4.20. The number of nitrogens with one attached hydrogen (secondary N) is 1. The first kappa shape index (κ1) is 22.2. The molecule has 1 aliphatic heterocycles. The largest absolute Gasteiger partial charge is 0.486 e. The van der Waals surface area contributed by atoms with Gasteiger partial charge in [-0.1, -0.05) is 23.2 Å². The van der Waals surface area contributed by atoms with Crippen LogP contribution in [0, 0.1) is 0 Å². The molecular weight excluding hydrogens is 451 g/mol. The molecule has 1 unspecified atom stereocenters. The predicted molar refractivity (Wildman–Crippen MR) is 123 cm³/mol. The number of ether oxygens (including phenoxy) is 1. The van der Waals surface area contributed by atoms with Crippen LogP contribution in [0.3, 0.4) is 0 Å². The molecule has 1 saturated heterocycles. The average Bonchev–Trinajstić information content (AvgIpc) is 3.41. The van der Waals surface area contributed by atoms with E-state index in [2.05, 4.69) is 10.3 Å². The standard InChI is InChI=1S/C23H22Cl2N4O3/c1-28-10-8-26-21(28)14-32-19-6-4-18(5-7-19)27-22(30)20-3-2-9-29(20)23(31)15-11-16(24)13-17(25)12-15/h4-8,10-13,20H,2-3,9,14H2,1H3,(H,27,30). The van der Waals surface area contributed by atoms with Crippen molar-refractivity contribution < 1.29 is 14.3 Å². The van der Waals surface area contributed by atoms with Gasteiger partial charge in [0.2, 0.25) is 5.91 Å². The van der Waals surface area contributed by atoms with Gasteiger partial charge in [-0.2, -0.15) is 0 Å². The summed E-state index contributed by atoms with van der Waals surface area (Å²) in [5, 5.41) is 3.65. The van der Waals surface area contributed by atoms with Crippen molar-refractivity contribution in [2.75, 3.05) is 11.9 Å². The summed E-state index contributed by atoms with van der Waals surface area (Å²) < 4.78 is 7.63. The number of likely N-dealkylation sites (tertiary alicyclic amines) is 1. The molecule has 3 aromatic rings. The van der Waals surface area contributed by atoms with Crippen molar-refractivity contribution in [2.24, 2.45) is 7.05 Å². The second kappa shape index (κ2) is 9.63. The van der Waals surface area contributed by atoms with E-state index < -0.39 is 6.04 Å². The number of hydrogen-bond donors (Lipinski definition) is 1. The maximum atomic E-state index is 13.0. The first-order chi connectivity index (χ1) is 15.4. The average molecular weight is 473 g/mol. The lowest BCUT2D eigenvalue weighted by atomic mass is 10.1. The molecule has 1 aliphatic rings. The quantitative estimate of drug-likeness (QED) is 0.570. The van der Waals surface area contributed by atoms with Crippen LogP contribution in [-0.4, -0.2) is 38.9 Å². The Labute approximate surface area is 195 Å². The van der Waals surface area contributed by atoms with Crippen LogP contribution in [0.15, 0.2) is 54.9 Å². The highest BCUT2D eigenvalue weighted by Gasteiger charge is 2.34. The Balaban J connectivity index is 1.38. The molecule has 4 rings (SSSR count). The smallest absolute Gasteiger partial charge is 0.254 e. The van der Waals surface area contributed by atoms with Crippen molar-refractivity contribution in [3.63, 3.8) is 0 Å². The maximum absolute atomic E-state index is 13.0. The van der Waals surface area contributed by atoms with Gasteiger partial charge in [0.15, 0.2) is 0 Å². The number of benzene rings is 2. The predicted octanol–water partition coefficient (Wildman–Crippen LogP) is 4.55. The zero-order valence-corrected chi connectivity index (χ0v) is 18.9. The van der Waals surface area contributed by atoms with Gasteiger partial charge in [0.05, 0.1) is 0 Å². The Hall–Kier alpha value is -3.03. The minimum Gasteiger partial charge on any atom is -0.486 e. The number of carbonyl (C=O) groups excluding carboxylic acids is 2. The highest BCUT2D eigenvalue weighted by molar-refractivity contribution is 6.35. The lowest BCUT2D eigenvalue weighted by Crippen LogP contribution is -2.43. The molecule has 0 bridgehead atoms. The van der Waals surface area contributed by atoms with Crippen LogP contribution < -0.4 is 10.1 Å². The van der Waals surface area contributed by atoms with Crippen molar-refractivity contribution in [1.29, 1.82) is 0 Å². The second-order valence-corrected chi connectivity index (χ2v) is 8.44. The van der Waals surface area contributed by atoms with Crippen LogP contribution in [0.4, 0.5) is 5.69 Å². The molecule has 0 spiro atoms. The van der Waals surface area contributed by atoms with Crippen LogP contribution >= 0.6 is 23.2 Å². The molecule has 0 saturated carbocycles. The molecule has 1 fully saturated rings. The Kier molecular flexibility index (Phi) is 6.67. The Bertz CT molecular complexity index is 1110. The van der Waals surface area contributed by atoms with Crippen molar-refractivity contribution >= 4 is 40.7 Å². The third-order valence-corrected chi connectivity index (χ3v) is 5.77. The highest BCUT2D eigenvalue weighted by atomic mass is 35.5. The van der Waals surface area contributed by atoms with Crippen LogP contribution in [0.5, 0.6) is 5.75 Å². The first-order valence-corrected chi connectivity index (χ1v) is 10.9. The highest BCUT2D eigenvalue weighted by Crippen LogP contribution is 2.25. The number of rotatable bonds is 6. The van der Waals surface area contributed by atoms with Gasteiger partial charge in [-0.3, -0.25) is 9.59 Å². The van der Waals surface area contributed by atoms with E-state index in [1.54, 1.807) is 53.6 Å². The van der Waals surface area contributed by atoms with Gasteiger partial charge in [-0.05, 0) is 55.3 Å². The number of anilines is 1. The van der Waals surface area contributed by atoms with Gasteiger partial charge in [-0.25, -0.2) is 4.98 Å². The van der Waals surface area contributed by atoms with Crippen LogP contribution in [0.25, 0.3) is 0 Å². The Morgan fingerprint density at radius 2 is 1.88 bits per heavy atom.